The van der Waals surface area contributed by atoms with Gasteiger partial charge in [0.25, 0.3) is 5.91 Å². The zero-order chi connectivity index (χ0) is 20.1. The van der Waals surface area contributed by atoms with Crippen molar-refractivity contribution in [3.05, 3.63) is 53.6 Å². The Bertz CT molecular complexity index is 793. The third kappa shape index (κ3) is 5.40. The molecule has 6 nitrogen and oxygen atoms in total. The number of aromatic nitrogens is 2. The lowest BCUT2D eigenvalue weighted by atomic mass is 9.89. The molecule has 0 radical (unpaired) electrons. The van der Waals surface area contributed by atoms with Crippen LogP contribution >= 0.6 is 0 Å². The first kappa shape index (κ1) is 20.0. The SMILES string of the molecule is O=C(Nc1cnc(C2CCCCC2)nc1)c1ccc(CN2CCC(O)CC2)cc1. The lowest BCUT2D eigenvalue weighted by molar-refractivity contribution is 0.0792. The Labute approximate surface area is 172 Å². The van der Waals surface area contributed by atoms with Crippen LogP contribution in [0.1, 0.15) is 72.6 Å². The van der Waals surface area contributed by atoms with Crippen LogP contribution in [-0.2, 0) is 6.54 Å². The van der Waals surface area contributed by atoms with Gasteiger partial charge in [-0.3, -0.25) is 9.69 Å². The van der Waals surface area contributed by atoms with Crippen molar-refractivity contribution in [2.45, 2.75) is 63.5 Å². The summed E-state index contributed by atoms with van der Waals surface area (Å²) in [7, 11) is 0. The van der Waals surface area contributed by atoms with Crippen molar-refractivity contribution < 1.29 is 9.90 Å². The third-order valence-electron chi connectivity index (χ3n) is 6.08. The van der Waals surface area contributed by atoms with Crippen molar-refractivity contribution in [1.82, 2.24) is 14.9 Å². The van der Waals surface area contributed by atoms with Crippen molar-refractivity contribution in [2.75, 3.05) is 18.4 Å². The minimum absolute atomic E-state index is 0.147. The highest BCUT2D eigenvalue weighted by atomic mass is 16.3. The van der Waals surface area contributed by atoms with Gasteiger partial charge >= 0.3 is 0 Å². The summed E-state index contributed by atoms with van der Waals surface area (Å²) < 4.78 is 0. The van der Waals surface area contributed by atoms with Gasteiger partial charge in [-0.1, -0.05) is 31.4 Å². The zero-order valence-electron chi connectivity index (χ0n) is 16.9. The van der Waals surface area contributed by atoms with Gasteiger partial charge in [-0.2, -0.15) is 0 Å². The van der Waals surface area contributed by atoms with Crippen LogP contribution in [0.25, 0.3) is 0 Å². The average molecular weight is 395 g/mol. The summed E-state index contributed by atoms with van der Waals surface area (Å²) in [6.45, 7) is 2.69. The van der Waals surface area contributed by atoms with Crippen molar-refractivity contribution in [2.24, 2.45) is 0 Å². The van der Waals surface area contributed by atoms with E-state index in [1.54, 1.807) is 12.4 Å². The Hall–Kier alpha value is -2.31. The quantitative estimate of drug-likeness (QED) is 0.808. The predicted octanol–water partition coefficient (Wildman–Crippen LogP) is 3.73. The Balaban J connectivity index is 1.31. The second-order valence-electron chi connectivity index (χ2n) is 8.32. The van der Waals surface area contributed by atoms with Gasteiger partial charge in [0.1, 0.15) is 5.82 Å². The number of carbonyl (C=O) groups is 1. The lowest BCUT2D eigenvalue weighted by Crippen LogP contribution is -2.35. The first-order valence-electron chi connectivity index (χ1n) is 10.8. The normalized spacial score (nSPS) is 19.2. The number of benzene rings is 1. The number of aliphatic hydroxyl groups is 1. The van der Waals surface area contributed by atoms with Crippen LogP contribution < -0.4 is 5.32 Å². The molecule has 0 unspecified atom stereocenters. The molecule has 0 bridgehead atoms. The van der Waals surface area contributed by atoms with Gasteiger partial charge in [0, 0.05) is 31.1 Å². The van der Waals surface area contributed by atoms with Gasteiger partial charge in [0.05, 0.1) is 24.2 Å². The molecule has 1 saturated carbocycles. The fourth-order valence-electron chi connectivity index (χ4n) is 4.27. The van der Waals surface area contributed by atoms with Crippen LogP contribution in [0.4, 0.5) is 5.69 Å². The number of nitrogens with zero attached hydrogens (tertiary/aromatic N) is 3. The largest absolute Gasteiger partial charge is 0.393 e. The van der Waals surface area contributed by atoms with Crippen molar-refractivity contribution >= 4 is 11.6 Å². The van der Waals surface area contributed by atoms with E-state index in [1.807, 2.05) is 24.3 Å². The van der Waals surface area contributed by atoms with Gasteiger partial charge < -0.3 is 10.4 Å². The van der Waals surface area contributed by atoms with Crippen LogP contribution in [0.15, 0.2) is 36.7 Å². The van der Waals surface area contributed by atoms with E-state index in [0.29, 0.717) is 17.2 Å². The van der Waals surface area contributed by atoms with E-state index in [1.165, 1.54) is 24.8 Å². The molecule has 2 N–H and O–H groups in total. The number of nitrogens with one attached hydrogen (secondary N) is 1. The Morgan fingerprint density at radius 1 is 1.00 bits per heavy atom. The molecule has 1 aromatic carbocycles. The molecule has 6 heteroatoms. The number of aliphatic hydroxyl groups excluding tert-OH is 1. The Morgan fingerprint density at radius 2 is 1.66 bits per heavy atom. The van der Waals surface area contributed by atoms with Gasteiger partial charge in [-0.15, -0.1) is 0 Å². The highest BCUT2D eigenvalue weighted by Gasteiger charge is 2.19. The Morgan fingerprint density at radius 3 is 2.31 bits per heavy atom. The number of carbonyl (C=O) groups excluding carboxylic acids is 1. The molecule has 2 heterocycles. The molecule has 2 aliphatic rings. The molecule has 1 amide bonds. The molecule has 4 rings (SSSR count). The van der Waals surface area contributed by atoms with Gasteiger partial charge in [-0.05, 0) is 43.4 Å². The first-order chi connectivity index (χ1) is 14.2. The standard InChI is InChI=1S/C23H30N4O2/c28-21-10-12-27(13-11-21)16-17-6-8-19(9-7-17)23(29)26-20-14-24-22(25-15-20)18-4-2-1-3-5-18/h6-9,14-15,18,21,28H,1-5,10-13,16H2,(H,26,29). The molecule has 1 aliphatic heterocycles. The topological polar surface area (TPSA) is 78.4 Å². The van der Waals surface area contributed by atoms with E-state index in [0.717, 1.165) is 51.1 Å². The van der Waals surface area contributed by atoms with Crippen molar-refractivity contribution in [1.29, 1.82) is 0 Å². The fourth-order valence-corrected chi connectivity index (χ4v) is 4.27. The van der Waals surface area contributed by atoms with Crippen LogP contribution in [-0.4, -0.2) is 45.1 Å². The smallest absolute Gasteiger partial charge is 0.255 e. The number of amides is 1. The van der Waals surface area contributed by atoms with Gasteiger partial charge in [0.2, 0.25) is 0 Å². The molecular formula is C23H30N4O2. The lowest BCUT2D eigenvalue weighted by Gasteiger charge is -2.29. The molecule has 2 fully saturated rings. The maximum absolute atomic E-state index is 12.5. The number of anilines is 1. The maximum atomic E-state index is 12.5. The average Bonchev–Trinajstić information content (AvgIpc) is 2.77. The van der Waals surface area contributed by atoms with E-state index in [-0.39, 0.29) is 12.0 Å². The monoisotopic (exact) mass is 394 g/mol. The summed E-state index contributed by atoms with van der Waals surface area (Å²) >= 11 is 0. The summed E-state index contributed by atoms with van der Waals surface area (Å²) in [5.41, 5.74) is 2.43. The predicted molar refractivity (Wildman–Crippen MR) is 113 cm³/mol. The maximum Gasteiger partial charge on any atom is 0.255 e. The molecule has 1 saturated heterocycles. The minimum Gasteiger partial charge on any atom is -0.393 e. The van der Waals surface area contributed by atoms with Crippen molar-refractivity contribution in [3.63, 3.8) is 0 Å². The molecule has 1 aromatic heterocycles. The van der Waals surface area contributed by atoms with E-state index in [2.05, 4.69) is 20.2 Å². The summed E-state index contributed by atoms with van der Waals surface area (Å²) in [5.74, 6) is 1.22. The van der Waals surface area contributed by atoms with E-state index >= 15 is 0 Å². The number of piperidine rings is 1. The highest BCUT2D eigenvalue weighted by Crippen LogP contribution is 2.30. The fraction of sp³-hybridized carbons (Fsp3) is 0.522. The van der Waals surface area contributed by atoms with Crippen LogP contribution in [0, 0.1) is 0 Å². The molecule has 154 valence electrons. The highest BCUT2D eigenvalue weighted by molar-refractivity contribution is 6.04. The first-order valence-corrected chi connectivity index (χ1v) is 10.8. The van der Waals surface area contributed by atoms with Crippen molar-refractivity contribution in [3.8, 4) is 0 Å². The molecule has 29 heavy (non-hydrogen) atoms. The minimum atomic E-state index is -0.155. The molecule has 0 atom stereocenters. The van der Waals surface area contributed by atoms with Crippen LogP contribution in [0.3, 0.4) is 0 Å². The summed E-state index contributed by atoms with van der Waals surface area (Å²) in [6.07, 6.45) is 11.1. The van der Waals surface area contributed by atoms with E-state index in [4.69, 9.17) is 0 Å². The second-order valence-corrected chi connectivity index (χ2v) is 8.32. The second kappa shape index (κ2) is 9.46. The van der Waals surface area contributed by atoms with Gasteiger partial charge in [-0.25, -0.2) is 9.97 Å². The van der Waals surface area contributed by atoms with E-state index < -0.39 is 0 Å². The number of likely N-dealkylation sites (tertiary alicyclic amines) is 1. The van der Waals surface area contributed by atoms with E-state index in [9.17, 15) is 9.90 Å². The molecule has 1 aliphatic carbocycles. The summed E-state index contributed by atoms with van der Waals surface area (Å²) in [6, 6.07) is 7.73. The molecule has 2 aromatic rings. The van der Waals surface area contributed by atoms with Gasteiger partial charge in [0.15, 0.2) is 0 Å². The Kier molecular flexibility index (Phi) is 6.52. The van der Waals surface area contributed by atoms with Crippen LogP contribution in [0.5, 0.6) is 0 Å². The summed E-state index contributed by atoms with van der Waals surface area (Å²) in [4.78, 5) is 23.8. The molecule has 0 spiro atoms. The number of rotatable bonds is 5. The third-order valence-corrected chi connectivity index (χ3v) is 6.08. The number of hydrogen-bond acceptors (Lipinski definition) is 5. The molecular weight excluding hydrogens is 364 g/mol. The van der Waals surface area contributed by atoms with Crippen LogP contribution in [0.2, 0.25) is 0 Å². The zero-order valence-corrected chi connectivity index (χ0v) is 16.9. The summed E-state index contributed by atoms with van der Waals surface area (Å²) in [5, 5.41) is 12.5. The number of hydrogen-bond donors (Lipinski definition) is 2.